The van der Waals surface area contributed by atoms with Crippen LogP contribution in [0.4, 0.5) is 4.79 Å². The third kappa shape index (κ3) is 7.45. The quantitative estimate of drug-likeness (QED) is 0.782. The van der Waals surface area contributed by atoms with Crippen LogP contribution in [-0.4, -0.2) is 72.1 Å². The van der Waals surface area contributed by atoms with Crippen molar-refractivity contribution in [1.29, 1.82) is 0 Å². The Morgan fingerprint density at radius 3 is 2.17 bits per heavy atom. The van der Waals surface area contributed by atoms with Gasteiger partial charge in [-0.2, -0.15) is 0 Å². The number of nitrogens with one attached hydrogen (secondary N) is 1. The molecule has 1 fully saturated rings. The molecular formula is C20H28ClN3O5. The highest BCUT2D eigenvalue weighted by molar-refractivity contribution is 6.30. The van der Waals surface area contributed by atoms with Gasteiger partial charge in [0, 0.05) is 31.2 Å². The molecule has 3 amide bonds. The molecule has 0 spiro atoms. The van der Waals surface area contributed by atoms with Gasteiger partial charge in [-0.1, -0.05) is 11.6 Å². The topological polar surface area (TPSA) is 88.2 Å². The molecule has 0 radical (unpaired) electrons. The minimum Gasteiger partial charge on any atom is -0.484 e. The number of piperazine rings is 1. The molecule has 0 aromatic heterocycles. The van der Waals surface area contributed by atoms with Gasteiger partial charge in [0.05, 0.1) is 0 Å². The van der Waals surface area contributed by atoms with E-state index in [0.717, 1.165) is 0 Å². The maximum atomic E-state index is 12.5. The number of carbonyl (C=O) groups excluding carboxylic acids is 3. The summed E-state index contributed by atoms with van der Waals surface area (Å²) in [6, 6.07) is 6.08. The molecule has 29 heavy (non-hydrogen) atoms. The summed E-state index contributed by atoms with van der Waals surface area (Å²) in [7, 11) is 0. The summed E-state index contributed by atoms with van der Waals surface area (Å²) < 4.78 is 10.6. The van der Waals surface area contributed by atoms with Gasteiger partial charge in [-0.25, -0.2) is 4.79 Å². The molecule has 0 saturated carbocycles. The summed E-state index contributed by atoms with van der Waals surface area (Å²) in [6.07, 6.45) is -0.633. The van der Waals surface area contributed by atoms with Crippen molar-refractivity contribution in [2.45, 2.75) is 39.3 Å². The van der Waals surface area contributed by atoms with E-state index in [1.807, 2.05) is 0 Å². The molecule has 1 unspecified atom stereocenters. The zero-order valence-electron chi connectivity index (χ0n) is 17.2. The molecule has 160 valence electrons. The van der Waals surface area contributed by atoms with E-state index in [4.69, 9.17) is 21.1 Å². The molecule has 1 atom stereocenters. The lowest BCUT2D eigenvalue weighted by Crippen LogP contribution is -2.56. The van der Waals surface area contributed by atoms with E-state index in [1.54, 1.807) is 61.8 Å². The highest BCUT2D eigenvalue weighted by Crippen LogP contribution is 2.15. The lowest BCUT2D eigenvalue weighted by atomic mass is 10.2. The molecule has 9 heteroatoms. The number of amides is 3. The maximum absolute atomic E-state index is 12.5. The fourth-order valence-corrected chi connectivity index (χ4v) is 2.89. The van der Waals surface area contributed by atoms with Crippen molar-refractivity contribution < 1.29 is 23.9 Å². The van der Waals surface area contributed by atoms with Gasteiger partial charge < -0.3 is 24.6 Å². The number of ether oxygens (including phenoxy) is 2. The summed E-state index contributed by atoms with van der Waals surface area (Å²) in [5, 5.41) is 3.14. The van der Waals surface area contributed by atoms with Gasteiger partial charge in [0.1, 0.15) is 17.4 Å². The predicted octanol–water partition coefficient (Wildman–Crippen LogP) is 2.30. The van der Waals surface area contributed by atoms with Crippen LogP contribution in [0, 0.1) is 0 Å². The van der Waals surface area contributed by atoms with Crippen LogP contribution in [0.25, 0.3) is 0 Å². The molecular weight excluding hydrogens is 398 g/mol. The van der Waals surface area contributed by atoms with Crippen molar-refractivity contribution in [3.05, 3.63) is 29.3 Å². The van der Waals surface area contributed by atoms with Gasteiger partial charge in [0.25, 0.3) is 5.91 Å². The SMILES string of the molecule is CC(NC(=O)OC(C)(C)C)C(=O)N1CCN(C(=O)COc2ccc(Cl)cc2)CC1. The van der Waals surface area contributed by atoms with E-state index < -0.39 is 17.7 Å². The van der Waals surface area contributed by atoms with Gasteiger partial charge >= 0.3 is 6.09 Å². The van der Waals surface area contributed by atoms with Crippen LogP contribution in [0.5, 0.6) is 5.75 Å². The Morgan fingerprint density at radius 2 is 1.62 bits per heavy atom. The number of carbonyl (C=O) groups is 3. The lowest BCUT2D eigenvalue weighted by molar-refractivity contribution is -0.141. The fourth-order valence-electron chi connectivity index (χ4n) is 2.76. The summed E-state index contributed by atoms with van der Waals surface area (Å²) in [4.78, 5) is 40.0. The zero-order chi connectivity index (χ0) is 21.6. The van der Waals surface area contributed by atoms with Crippen molar-refractivity contribution in [1.82, 2.24) is 15.1 Å². The van der Waals surface area contributed by atoms with E-state index in [0.29, 0.717) is 37.0 Å². The number of alkyl carbamates (subject to hydrolysis) is 1. The standard InChI is InChI=1S/C20H28ClN3O5/c1-14(22-19(27)29-20(2,3)4)18(26)24-11-9-23(10-12-24)17(25)13-28-16-7-5-15(21)6-8-16/h5-8,14H,9-13H2,1-4H3,(H,22,27). The van der Waals surface area contributed by atoms with Gasteiger partial charge in [0.15, 0.2) is 6.61 Å². The molecule has 0 bridgehead atoms. The predicted molar refractivity (Wildman–Crippen MR) is 109 cm³/mol. The van der Waals surface area contributed by atoms with Crippen molar-refractivity contribution in [3.8, 4) is 5.75 Å². The Bertz CT molecular complexity index is 725. The summed E-state index contributed by atoms with van der Waals surface area (Å²) in [5.41, 5.74) is -0.632. The number of rotatable bonds is 5. The summed E-state index contributed by atoms with van der Waals surface area (Å²) in [6.45, 7) is 8.42. The smallest absolute Gasteiger partial charge is 0.408 e. The first-order valence-electron chi connectivity index (χ1n) is 9.49. The van der Waals surface area contributed by atoms with Crippen molar-refractivity contribution >= 4 is 29.5 Å². The highest BCUT2D eigenvalue weighted by Gasteiger charge is 2.28. The second-order valence-corrected chi connectivity index (χ2v) is 8.25. The molecule has 0 aliphatic carbocycles. The minimum absolute atomic E-state index is 0.0772. The van der Waals surface area contributed by atoms with Crippen LogP contribution in [0.2, 0.25) is 5.02 Å². The highest BCUT2D eigenvalue weighted by atomic mass is 35.5. The molecule has 1 aliphatic rings. The first-order valence-corrected chi connectivity index (χ1v) is 9.87. The van der Waals surface area contributed by atoms with Crippen LogP contribution >= 0.6 is 11.6 Å². The normalized spacial score (nSPS) is 15.5. The Labute approximate surface area is 176 Å². The Kier molecular flexibility index (Phi) is 7.73. The average Bonchev–Trinajstić information content (AvgIpc) is 2.65. The van der Waals surface area contributed by atoms with Crippen LogP contribution in [0.15, 0.2) is 24.3 Å². The first-order chi connectivity index (χ1) is 13.5. The number of hydrogen-bond acceptors (Lipinski definition) is 5. The van der Waals surface area contributed by atoms with E-state index in [9.17, 15) is 14.4 Å². The first kappa shape index (κ1) is 22.8. The van der Waals surface area contributed by atoms with Crippen LogP contribution in [0.3, 0.4) is 0 Å². The molecule has 1 heterocycles. The fraction of sp³-hybridized carbons (Fsp3) is 0.550. The maximum Gasteiger partial charge on any atom is 0.408 e. The van der Waals surface area contributed by atoms with Crippen LogP contribution in [0.1, 0.15) is 27.7 Å². The number of halogens is 1. The van der Waals surface area contributed by atoms with E-state index in [2.05, 4.69) is 5.32 Å². The van der Waals surface area contributed by atoms with Gasteiger partial charge in [-0.3, -0.25) is 9.59 Å². The van der Waals surface area contributed by atoms with Crippen LogP contribution < -0.4 is 10.1 Å². The Morgan fingerprint density at radius 1 is 1.07 bits per heavy atom. The van der Waals surface area contributed by atoms with E-state index in [1.165, 1.54) is 0 Å². The third-order valence-corrected chi connectivity index (χ3v) is 4.48. The Balaban J connectivity index is 1.75. The second-order valence-electron chi connectivity index (χ2n) is 7.82. The molecule has 2 rings (SSSR count). The van der Waals surface area contributed by atoms with Gasteiger partial charge in [-0.15, -0.1) is 0 Å². The van der Waals surface area contributed by atoms with Gasteiger partial charge in [-0.05, 0) is 52.0 Å². The third-order valence-electron chi connectivity index (χ3n) is 4.22. The molecule has 1 aliphatic heterocycles. The molecule has 1 saturated heterocycles. The van der Waals surface area contributed by atoms with Gasteiger partial charge in [0.2, 0.25) is 5.91 Å². The van der Waals surface area contributed by atoms with E-state index in [-0.39, 0.29) is 18.4 Å². The summed E-state index contributed by atoms with van der Waals surface area (Å²) in [5.74, 6) is 0.214. The number of benzene rings is 1. The van der Waals surface area contributed by atoms with Crippen molar-refractivity contribution in [2.24, 2.45) is 0 Å². The minimum atomic E-state index is -0.708. The number of nitrogens with zero attached hydrogens (tertiary/aromatic N) is 2. The molecule has 8 nitrogen and oxygen atoms in total. The average molecular weight is 426 g/mol. The van der Waals surface area contributed by atoms with Crippen molar-refractivity contribution in [2.75, 3.05) is 32.8 Å². The molecule has 1 aromatic carbocycles. The molecule has 1 aromatic rings. The summed E-state index contributed by atoms with van der Waals surface area (Å²) >= 11 is 5.82. The Hall–Kier alpha value is -2.48. The monoisotopic (exact) mass is 425 g/mol. The van der Waals surface area contributed by atoms with Crippen molar-refractivity contribution in [3.63, 3.8) is 0 Å². The zero-order valence-corrected chi connectivity index (χ0v) is 18.0. The lowest BCUT2D eigenvalue weighted by Gasteiger charge is -2.36. The second kappa shape index (κ2) is 9.82. The largest absolute Gasteiger partial charge is 0.484 e. The molecule has 1 N–H and O–H groups in total. The van der Waals surface area contributed by atoms with E-state index >= 15 is 0 Å². The van der Waals surface area contributed by atoms with Crippen LogP contribution in [-0.2, 0) is 14.3 Å². The number of hydrogen-bond donors (Lipinski definition) is 1.